The van der Waals surface area contributed by atoms with Crippen molar-refractivity contribution in [1.82, 2.24) is 0 Å². The summed E-state index contributed by atoms with van der Waals surface area (Å²) in [7, 11) is 0. The third-order valence-corrected chi connectivity index (χ3v) is 4.57. The minimum atomic E-state index is -0.771. The molecule has 0 amide bonds. The molecule has 0 saturated carbocycles. The Hall–Kier alpha value is -2.63. The van der Waals surface area contributed by atoms with Crippen molar-refractivity contribution < 1.29 is 28.6 Å². The van der Waals surface area contributed by atoms with E-state index in [4.69, 9.17) is 14.2 Å². The van der Waals surface area contributed by atoms with Gasteiger partial charge in [0.15, 0.2) is 0 Å². The molecule has 1 fully saturated rings. The van der Waals surface area contributed by atoms with Crippen molar-refractivity contribution in [3.05, 3.63) is 47.6 Å². The van der Waals surface area contributed by atoms with Gasteiger partial charge in [-0.2, -0.15) is 0 Å². The highest BCUT2D eigenvalue weighted by Gasteiger charge is 2.46. The minimum Gasteiger partial charge on any atom is -0.458 e. The van der Waals surface area contributed by atoms with Crippen LogP contribution in [0.1, 0.15) is 26.7 Å². The Morgan fingerprint density at radius 3 is 2.60 bits per heavy atom. The number of rotatable bonds is 2. The highest BCUT2D eigenvalue weighted by atomic mass is 16.6. The smallest absolute Gasteiger partial charge is 0.334 e. The fourth-order valence-electron chi connectivity index (χ4n) is 3.33. The topological polar surface area (TPSA) is 78.9 Å². The van der Waals surface area contributed by atoms with Crippen LogP contribution in [-0.4, -0.2) is 36.2 Å². The van der Waals surface area contributed by atoms with E-state index in [1.54, 1.807) is 6.08 Å². The van der Waals surface area contributed by atoms with Crippen molar-refractivity contribution in [2.75, 3.05) is 0 Å². The fraction of sp³-hybridized carbons (Fsp3) is 0.421. The molecule has 6 heteroatoms. The minimum absolute atomic E-state index is 0.137. The van der Waals surface area contributed by atoms with Gasteiger partial charge < -0.3 is 14.2 Å². The van der Waals surface area contributed by atoms with Gasteiger partial charge in [-0.1, -0.05) is 18.7 Å². The molecule has 3 aliphatic rings. The SMILES string of the molecule is C=C(C)C(=O)O[C@H]1CC2=CC(C/C(C)=C/[C@H]3OC(=O)C(=C)[C@H]13)OC2=O. The molecule has 6 nitrogen and oxygen atoms in total. The zero-order valence-electron chi connectivity index (χ0n) is 14.2. The molecule has 0 spiro atoms. The predicted molar refractivity (Wildman–Crippen MR) is 88.2 cm³/mol. The Bertz CT molecular complexity index is 741. The number of carbonyl (C=O) groups excluding carboxylic acids is 3. The van der Waals surface area contributed by atoms with Gasteiger partial charge in [0.2, 0.25) is 0 Å². The van der Waals surface area contributed by atoms with E-state index < -0.39 is 36.0 Å². The second kappa shape index (κ2) is 6.35. The van der Waals surface area contributed by atoms with Gasteiger partial charge in [0.25, 0.3) is 0 Å². The first-order chi connectivity index (χ1) is 11.8. The summed E-state index contributed by atoms with van der Waals surface area (Å²) >= 11 is 0. The standard InChI is InChI=1S/C19H20O6/c1-9(2)17(20)24-15-8-12-7-13(23-19(12)22)5-10(3)6-14-16(15)11(4)18(21)25-14/h6-7,13-16H,1,4-5,8H2,2-3H3/b10-6+/t13?,14-,15+,16+/m1/s1. The molecule has 0 N–H and O–H groups in total. The first-order valence-corrected chi connectivity index (χ1v) is 8.11. The lowest BCUT2D eigenvalue weighted by Crippen LogP contribution is -2.34. The van der Waals surface area contributed by atoms with Gasteiger partial charge in [-0.05, 0) is 26.0 Å². The van der Waals surface area contributed by atoms with Crippen LogP contribution in [0, 0.1) is 5.92 Å². The van der Waals surface area contributed by atoms with Crippen LogP contribution in [0.25, 0.3) is 0 Å². The molecule has 1 unspecified atom stereocenters. The van der Waals surface area contributed by atoms with E-state index in [9.17, 15) is 14.4 Å². The molecule has 25 heavy (non-hydrogen) atoms. The van der Waals surface area contributed by atoms with Crippen LogP contribution in [0.2, 0.25) is 0 Å². The van der Waals surface area contributed by atoms with E-state index >= 15 is 0 Å². The summed E-state index contributed by atoms with van der Waals surface area (Å²) in [5, 5.41) is 0. The molecule has 1 saturated heterocycles. The van der Waals surface area contributed by atoms with E-state index in [2.05, 4.69) is 13.2 Å². The summed E-state index contributed by atoms with van der Waals surface area (Å²) in [4.78, 5) is 36.2. The number of carbonyl (C=O) groups is 3. The maximum absolute atomic E-state index is 12.1. The Morgan fingerprint density at radius 2 is 1.92 bits per heavy atom. The summed E-state index contributed by atoms with van der Waals surface area (Å²) in [6.45, 7) is 10.8. The van der Waals surface area contributed by atoms with Crippen molar-refractivity contribution in [2.45, 2.75) is 45.0 Å². The van der Waals surface area contributed by atoms with Gasteiger partial charge in [-0.25, -0.2) is 14.4 Å². The number of fused-ring (bicyclic) bond motifs is 2. The van der Waals surface area contributed by atoms with Crippen LogP contribution < -0.4 is 0 Å². The quantitative estimate of drug-likeness (QED) is 0.331. The van der Waals surface area contributed by atoms with Crippen molar-refractivity contribution >= 4 is 17.9 Å². The second-order valence-electron chi connectivity index (χ2n) is 6.70. The Balaban J connectivity index is 2.01. The lowest BCUT2D eigenvalue weighted by Gasteiger charge is -2.26. The molecule has 2 heterocycles. The monoisotopic (exact) mass is 344 g/mol. The predicted octanol–water partition coefficient (Wildman–Crippen LogP) is 2.16. The lowest BCUT2D eigenvalue weighted by atomic mass is 9.85. The number of hydrogen-bond donors (Lipinski definition) is 0. The van der Waals surface area contributed by atoms with Gasteiger partial charge >= 0.3 is 17.9 Å². The van der Waals surface area contributed by atoms with E-state index in [-0.39, 0.29) is 23.7 Å². The maximum atomic E-state index is 12.1. The molecule has 0 radical (unpaired) electrons. The molecular formula is C19H20O6. The van der Waals surface area contributed by atoms with Gasteiger partial charge in [0.05, 0.1) is 5.92 Å². The molecule has 2 aliphatic heterocycles. The van der Waals surface area contributed by atoms with Crippen molar-refractivity contribution in [3.63, 3.8) is 0 Å². The number of ether oxygens (including phenoxy) is 3. The molecular weight excluding hydrogens is 324 g/mol. The molecule has 0 aromatic carbocycles. The summed E-state index contributed by atoms with van der Waals surface area (Å²) in [5.74, 6) is -2.09. The highest BCUT2D eigenvalue weighted by Crippen LogP contribution is 2.38. The van der Waals surface area contributed by atoms with E-state index in [0.29, 0.717) is 12.0 Å². The Morgan fingerprint density at radius 1 is 1.20 bits per heavy atom. The molecule has 0 aromatic heterocycles. The maximum Gasteiger partial charge on any atom is 0.334 e. The molecule has 3 rings (SSSR count). The van der Waals surface area contributed by atoms with Crippen LogP contribution in [-0.2, 0) is 28.6 Å². The van der Waals surface area contributed by atoms with E-state index in [1.807, 2.05) is 13.0 Å². The summed E-state index contributed by atoms with van der Waals surface area (Å²) in [6.07, 6.45) is 2.52. The molecule has 1 aliphatic carbocycles. The zero-order valence-corrected chi connectivity index (χ0v) is 14.2. The van der Waals surface area contributed by atoms with Crippen molar-refractivity contribution in [1.29, 1.82) is 0 Å². The third kappa shape index (κ3) is 3.29. The summed E-state index contributed by atoms with van der Waals surface area (Å²) in [5.41, 5.74) is 1.82. The lowest BCUT2D eigenvalue weighted by molar-refractivity contribution is -0.148. The van der Waals surface area contributed by atoms with Crippen LogP contribution in [0.4, 0.5) is 0 Å². The van der Waals surface area contributed by atoms with Gasteiger partial charge in [0, 0.05) is 29.6 Å². The van der Waals surface area contributed by atoms with E-state index in [1.165, 1.54) is 6.92 Å². The third-order valence-electron chi connectivity index (χ3n) is 4.57. The molecule has 2 bridgehead atoms. The number of hydrogen-bond acceptors (Lipinski definition) is 6. The normalized spacial score (nSPS) is 33.4. The van der Waals surface area contributed by atoms with Crippen LogP contribution in [0.5, 0.6) is 0 Å². The Labute approximate surface area is 145 Å². The zero-order chi connectivity index (χ0) is 18.3. The fourth-order valence-corrected chi connectivity index (χ4v) is 3.33. The second-order valence-corrected chi connectivity index (χ2v) is 6.70. The van der Waals surface area contributed by atoms with Crippen LogP contribution >= 0.6 is 0 Å². The first-order valence-electron chi connectivity index (χ1n) is 8.11. The molecule has 0 aromatic rings. The Kier molecular flexibility index (Phi) is 4.37. The van der Waals surface area contributed by atoms with Gasteiger partial charge in [-0.3, -0.25) is 0 Å². The molecule has 4 atom stereocenters. The first kappa shape index (κ1) is 17.2. The average molecular weight is 344 g/mol. The molecule has 132 valence electrons. The number of esters is 3. The summed E-state index contributed by atoms with van der Waals surface area (Å²) < 4.78 is 16.3. The van der Waals surface area contributed by atoms with Gasteiger partial charge in [-0.15, -0.1) is 0 Å². The van der Waals surface area contributed by atoms with Crippen molar-refractivity contribution in [3.8, 4) is 0 Å². The van der Waals surface area contributed by atoms with Crippen molar-refractivity contribution in [2.24, 2.45) is 5.92 Å². The average Bonchev–Trinajstić information content (AvgIpc) is 2.98. The van der Waals surface area contributed by atoms with Crippen LogP contribution in [0.15, 0.2) is 47.6 Å². The largest absolute Gasteiger partial charge is 0.458 e. The summed E-state index contributed by atoms with van der Waals surface area (Å²) in [6, 6.07) is 0. The highest BCUT2D eigenvalue weighted by molar-refractivity contribution is 5.93. The van der Waals surface area contributed by atoms with Gasteiger partial charge in [0.1, 0.15) is 18.3 Å². The van der Waals surface area contributed by atoms with E-state index in [0.717, 1.165) is 5.57 Å². The van der Waals surface area contributed by atoms with Crippen LogP contribution in [0.3, 0.4) is 0 Å².